The van der Waals surface area contributed by atoms with E-state index in [4.69, 9.17) is 0 Å². The molecule has 0 saturated carbocycles. The van der Waals surface area contributed by atoms with Gasteiger partial charge in [-0.25, -0.2) is 0 Å². The monoisotopic (exact) mass is 394 g/mol. The summed E-state index contributed by atoms with van der Waals surface area (Å²) < 4.78 is 0. The Morgan fingerprint density at radius 1 is 0.733 bits per heavy atom. The number of carbonyl (C=O) groups is 2. The summed E-state index contributed by atoms with van der Waals surface area (Å²) in [5.74, 6) is -0.827. The van der Waals surface area contributed by atoms with Gasteiger partial charge in [-0.05, 0) is 46.9 Å². The lowest BCUT2D eigenvalue weighted by Crippen LogP contribution is -2.41. The number of likely N-dealkylation sites (tertiary alicyclic amines) is 1. The van der Waals surface area contributed by atoms with Gasteiger partial charge in [0.05, 0.1) is 18.5 Å². The Morgan fingerprint density at radius 2 is 1.23 bits per heavy atom. The average molecular weight is 394 g/mol. The van der Waals surface area contributed by atoms with Crippen LogP contribution in [-0.4, -0.2) is 23.4 Å². The summed E-state index contributed by atoms with van der Waals surface area (Å²) in [4.78, 5) is 28.5. The second-order valence-electron chi connectivity index (χ2n) is 8.57. The number of rotatable bonds is 3. The van der Waals surface area contributed by atoms with E-state index in [-0.39, 0.29) is 42.2 Å². The SMILES string of the molecule is Cc1cccc(NCN2C(=O)[C@@H]3C4c5ccccc5C(c5ccccc54)[C@@H]3C2=O)c1. The van der Waals surface area contributed by atoms with E-state index < -0.39 is 0 Å². The fourth-order valence-electron chi connectivity index (χ4n) is 5.82. The molecular formula is C26H22N2O2. The van der Waals surface area contributed by atoms with Gasteiger partial charge in [-0.2, -0.15) is 0 Å². The molecule has 3 aromatic rings. The molecule has 2 atom stereocenters. The molecule has 30 heavy (non-hydrogen) atoms. The average Bonchev–Trinajstić information content (AvgIpc) is 3.03. The molecule has 0 unspecified atom stereocenters. The highest BCUT2D eigenvalue weighted by Crippen LogP contribution is 2.60. The van der Waals surface area contributed by atoms with Gasteiger partial charge in [0.1, 0.15) is 0 Å². The molecule has 3 aliphatic carbocycles. The van der Waals surface area contributed by atoms with Crippen molar-refractivity contribution in [3.8, 4) is 0 Å². The van der Waals surface area contributed by atoms with Crippen LogP contribution < -0.4 is 5.32 Å². The number of carbonyl (C=O) groups excluding carboxylic acids is 2. The number of aryl methyl sites for hydroxylation is 1. The van der Waals surface area contributed by atoms with Crippen molar-refractivity contribution in [2.24, 2.45) is 11.8 Å². The molecular weight excluding hydrogens is 372 g/mol. The summed E-state index contributed by atoms with van der Waals surface area (Å²) >= 11 is 0. The minimum atomic E-state index is -0.313. The summed E-state index contributed by atoms with van der Waals surface area (Å²) in [5, 5.41) is 3.27. The van der Waals surface area contributed by atoms with Gasteiger partial charge in [0.15, 0.2) is 0 Å². The van der Waals surface area contributed by atoms with Gasteiger partial charge in [0, 0.05) is 17.5 Å². The van der Waals surface area contributed by atoms with E-state index in [9.17, 15) is 9.59 Å². The Balaban J connectivity index is 1.40. The summed E-state index contributed by atoms with van der Waals surface area (Å²) in [6.07, 6.45) is 0. The van der Waals surface area contributed by atoms with Gasteiger partial charge in [-0.3, -0.25) is 14.5 Å². The first-order chi connectivity index (χ1) is 14.6. The molecule has 0 radical (unpaired) electrons. The molecule has 1 saturated heterocycles. The van der Waals surface area contributed by atoms with Crippen LogP contribution >= 0.6 is 0 Å². The van der Waals surface area contributed by atoms with E-state index in [1.165, 1.54) is 27.2 Å². The van der Waals surface area contributed by atoms with Gasteiger partial charge in [0.2, 0.25) is 11.8 Å². The zero-order valence-corrected chi connectivity index (χ0v) is 16.7. The largest absolute Gasteiger partial charge is 0.367 e. The normalized spacial score (nSPS) is 25.7. The maximum atomic E-state index is 13.5. The number of imide groups is 1. The van der Waals surface area contributed by atoms with Crippen molar-refractivity contribution in [2.75, 3.05) is 12.0 Å². The van der Waals surface area contributed by atoms with Crippen LogP contribution in [0.2, 0.25) is 0 Å². The second kappa shape index (κ2) is 6.30. The molecule has 2 amide bonds. The fraction of sp³-hybridized carbons (Fsp3) is 0.231. The smallest absolute Gasteiger partial charge is 0.235 e. The Hall–Kier alpha value is -3.40. The molecule has 4 nitrogen and oxygen atoms in total. The van der Waals surface area contributed by atoms with Crippen molar-refractivity contribution in [1.82, 2.24) is 4.90 Å². The maximum Gasteiger partial charge on any atom is 0.235 e. The van der Waals surface area contributed by atoms with E-state index in [2.05, 4.69) is 29.6 Å². The van der Waals surface area contributed by atoms with Gasteiger partial charge in [-0.1, -0.05) is 60.7 Å². The van der Waals surface area contributed by atoms with Crippen molar-refractivity contribution in [3.05, 3.63) is 101 Å². The highest BCUT2D eigenvalue weighted by molar-refractivity contribution is 6.07. The Bertz CT molecular complexity index is 1090. The number of nitrogens with one attached hydrogen (secondary N) is 1. The second-order valence-corrected chi connectivity index (χ2v) is 8.57. The van der Waals surface area contributed by atoms with E-state index in [0.717, 1.165) is 11.3 Å². The molecule has 148 valence electrons. The van der Waals surface area contributed by atoms with Crippen LogP contribution in [0, 0.1) is 18.8 Å². The first-order valence-electron chi connectivity index (χ1n) is 10.5. The number of hydrogen-bond acceptors (Lipinski definition) is 3. The first kappa shape index (κ1) is 17.5. The zero-order chi connectivity index (χ0) is 20.4. The molecule has 1 aliphatic heterocycles. The predicted octanol–water partition coefficient (Wildman–Crippen LogP) is 4.26. The van der Waals surface area contributed by atoms with Gasteiger partial charge in [0.25, 0.3) is 0 Å². The number of nitrogens with zero attached hydrogens (tertiary/aromatic N) is 1. The molecule has 0 spiro atoms. The van der Waals surface area contributed by atoms with E-state index in [1.807, 2.05) is 55.5 Å². The summed E-state index contributed by atoms with van der Waals surface area (Å²) in [6, 6.07) is 24.6. The van der Waals surface area contributed by atoms with Crippen molar-refractivity contribution in [3.63, 3.8) is 0 Å². The maximum absolute atomic E-state index is 13.5. The summed E-state index contributed by atoms with van der Waals surface area (Å²) in [5.41, 5.74) is 6.88. The van der Waals surface area contributed by atoms with Crippen LogP contribution in [0.4, 0.5) is 5.69 Å². The predicted molar refractivity (Wildman–Crippen MR) is 115 cm³/mol. The highest BCUT2D eigenvalue weighted by atomic mass is 16.2. The van der Waals surface area contributed by atoms with Crippen molar-refractivity contribution in [1.29, 1.82) is 0 Å². The third kappa shape index (κ3) is 2.28. The molecule has 1 fully saturated rings. The summed E-state index contributed by atoms with van der Waals surface area (Å²) in [6.45, 7) is 2.23. The number of anilines is 1. The lowest BCUT2D eigenvalue weighted by molar-refractivity contribution is -0.139. The van der Waals surface area contributed by atoms with Crippen LogP contribution in [-0.2, 0) is 9.59 Å². The van der Waals surface area contributed by atoms with Crippen LogP contribution in [0.5, 0.6) is 0 Å². The number of hydrogen-bond donors (Lipinski definition) is 1. The van der Waals surface area contributed by atoms with Crippen LogP contribution in [0.25, 0.3) is 0 Å². The third-order valence-corrected chi connectivity index (χ3v) is 7.00. The van der Waals surface area contributed by atoms with Gasteiger partial charge < -0.3 is 5.32 Å². The lowest BCUT2D eigenvalue weighted by atomic mass is 9.55. The third-order valence-electron chi connectivity index (χ3n) is 7.00. The van der Waals surface area contributed by atoms with Gasteiger partial charge >= 0.3 is 0 Å². The van der Waals surface area contributed by atoms with E-state index in [0.29, 0.717) is 0 Å². The van der Waals surface area contributed by atoms with Crippen LogP contribution in [0.3, 0.4) is 0 Å². The van der Waals surface area contributed by atoms with E-state index in [1.54, 1.807) is 0 Å². The topological polar surface area (TPSA) is 49.4 Å². The molecule has 3 aromatic carbocycles. The Morgan fingerprint density at radius 3 is 1.70 bits per heavy atom. The van der Waals surface area contributed by atoms with E-state index >= 15 is 0 Å². The number of amides is 2. The van der Waals surface area contributed by atoms with Crippen molar-refractivity contribution >= 4 is 17.5 Å². The standard InChI is InChI=1S/C26H22N2O2/c1-15-7-6-8-16(13-15)27-14-28-25(29)23-21-17-9-2-3-10-18(17)22(24(23)26(28)30)20-12-5-4-11-19(20)21/h2-13,21-24,27H,14H2,1H3/t21?,22?,23-,24+. The molecule has 4 aliphatic rings. The lowest BCUT2D eigenvalue weighted by Gasteiger charge is -2.45. The summed E-state index contributed by atoms with van der Waals surface area (Å²) in [7, 11) is 0. The fourth-order valence-corrected chi connectivity index (χ4v) is 5.82. The minimum Gasteiger partial charge on any atom is -0.367 e. The zero-order valence-electron chi connectivity index (χ0n) is 16.7. The van der Waals surface area contributed by atoms with Crippen LogP contribution in [0.1, 0.15) is 39.7 Å². The minimum absolute atomic E-state index is 0.0483. The Labute approximate surface area is 175 Å². The van der Waals surface area contributed by atoms with Crippen LogP contribution in [0.15, 0.2) is 72.8 Å². The molecule has 1 N–H and O–H groups in total. The quantitative estimate of drug-likeness (QED) is 0.676. The molecule has 7 rings (SSSR count). The molecule has 1 heterocycles. The van der Waals surface area contributed by atoms with Gasteiger partial charge in [-0.15, -0.1) is 0 Å². The highest BCUT2D eigenvalue weighted by Gasteiger charge is 2.61. The molecule has 2 bridgehead atoms. The number of benzene rings is 3. The molecule has 0 aromatic heterocycles. The van der Waals surface area contributed by atoms with Crippen molar-refractivity contribution < 1.29 is 9.59 Å². The Kier molecular flexibility index (Phi) is 3.66. The first-order valence-corrected chi connectivity index (χ1v) is 10.5. The molecule has 4 heteroatoms. The van der Waals surface area contributed by atoms with Crippen molar-refractivity contribution in [2.45, 2.75) is 18.8 Å².